The lowest BCUT2D eigenvalue weighted by molar-refractivity contribution is 0.0690. The van der Waals surface area contributed by atoms with E-state index in [-0.39, 0.29) is 5.69 Å². The second-order valence-electron chi connectivity index (χ2n) is 5.31. The molecule has 0 atom stereocenters. The number of nitrogens with zero attached hydrogens (tertiary/aromatic N) is 4. The molecule has 0 bridgehead atoms. The standard InChI is InChI=1S/C17H13N5O3/c1-25-11-4-2-10(3-5-11)19-16-12-6-7-18-9-14(12)22-15(20-16)8-13(21-22)17(23)24/h2-9H,1H3,(H,19,20)(H,23,24). The first-order valence-corrected chi connectivity index (χ1v) is 7.43. The van der Waals surface area contributed by atoms with Crippen LogP contribution < -0.4 is 10.1 Å². The third-order valence-electron chi connectivity index (χ3n) is 3.77. The Morgan fingerprint density at radius 2 is 2.04 bits per heavy atom. The molecular formula is C17H13N5O3. The number of nitrogens with one attached hydrogen (secondary N) is 1. The van der Waals surface area contributed by atoms with Crippen LogP contribution in [0.4, 0.5) is 11.5 Å². The Morgan fingerprint density at radius 3 is 2.76 bits per heavy atom. The second kappa shape index (κ2) is 5.75. The van der Waals surface area contributed by atoms with Gasteiger partial charge in [0, 0.05) is 23.3 Å². The molecule has 0 saturated heterocycles. The second-order valence-corrected chi connectivity index (χ2v) is 5.31. The number of benzene rings is 1. The topological polar surface area (TPSA) is 102 Å². The molecular weight excluding hydrogens is 322 g/mol. The van der Waals surface area contributed by atoms with E-state index in [4.69, 9.17) is 9.84 Å². The van der Waals surface area contributed by atoms with Crippen LogP contribution in [0.5, 0.6) is 5.75 Å². The Balaban J connectivity index is 1.87. The Labute approximate surface area is 141 Å². The van der Waals surface area contributed by atoms with Crippen molar-refractivity contribution in [2.45, 2.75) is 0 Å². The van der Waals surface area contributed by atoms with Crippen LogP contribution in [0.15, 0.2) is 48.8 Å². The number of rotatable bonds is 4. The van der Waals surface area contributed by atoms with E-state index >= 15 is 0 Å². The van der Waals surface area contributed by atoms with Gasteiger partial charge in [0.25, 0.3) is 0 Å². The predicted octanol–water partition coefficient (Wildman–Crippen LogP) is 2.73. The third kappa shape index (κ3) is 2.59. The zero-order valence-corrected chi connectivity index (χ0v) is 13.2. The minimum atomic E-state index is -1.10. The fourth-order valence-corrected chi connectivity index (χ4v) is 2.57. The summed E-state index contributed by atoms with van der Waals surface area (Å²) in [4.78, 5) is 19.8. The first-order chi connectivity index (χ1) is 12.2. The Morgan fingerprint density at radius 1 is 1.24 bits per heavy atom. The van der Waals surface area contributed by atoms with Gasteiger partial charge in [0.2, 0.25) is 0 Å². The molecule has 0 aliphatic carbocycles. The summed E-state index contributed by atoms with van der Waals surface area (Å²) in [5, 5.41) is 17.3. The van der Waals surface area contributed by atoms with Crippen LogP contribution in [0.1, 0.15) is 10.5 Å². The summed E-state index contributed by atoms with van der Waals surface area (Å²) in [7, 11) is 1.61. The van der Waals surface area contributed by atoms with Crippen molar-refractivity contribution in [3.63, 3.8) is 0 Å². The number of aromatic carboxylic acids is 1. The van der Waals surface area contributed by atoms with Gasteiger partial charge in [0.15, 0.2) is 11.3 Å². The summed E-state index contributed by atoms with van der Waals surface area (Å²) in [6.45, 7) is 0. The third-order valence-corrected chi connectivity index (χ3v) is 3.77. The van der Waals surface area contributed by atoms with E-state index in [1.165, 1.54) is 10.6 Å². The summed E-state index contributed by atoms with van der Waals surface area (Å²) >= 11 is 0. The van der Waals surface area contributed by atoms with E-state index in [1.807, 2.05) is 24.3 Å². The summed E-state index contributed by atoms with van der Waals surface area (Å²) in [5.74, 6) is 0.240. The van der Waals surface area contributed by atoms with E-state index in [0.717, 1.165) is 16.8 Å². The van der Waals surface area contributed by atoms with Crippen LogP contribution in [0.3, 0.4) is 0 Å². The fraction of sp³-hybridized carbons (Fsp3) is 0.0588. The van der Waals surface area contributed by atoms with Crippen LogP contribution in [0.2, 0.25) is 0 Å². The minimum Gasteiger partial charge on any atom is -0.497 e. The molecule has 124 valence electrons. The van der Waals surface area contributed by atoms with Gasteiger partial charge in [-0.2, -0.15) is 5.10 Å². The van der Waals surface area contributed by atoms with Crippen LogP contribution in [0, 0.1) is 0 Å². The van der Waals surface area contributed by atoms with E-state index in [2.05, 4.69) is 20.4 Å². The summed E-state index contributed by atoms with van der Waals surface area (Å²) in [6.07, 6.45) is 3.28. The van der Waals surface area contributed by atoms with Crippen molar-refractivity contribution >= 4 is 34.0 Å². The number of aromatic nitrogens is 4. The number of pyridine rings is 1. The highest BCUT2D eigenvalue weighted by Crippen LogP contribution is 2.26. The Hall–Kier alpha value is -3.68. The van der Waals surface area contributed by atoms with Gasteiger partial charge in [0.1, 0.15) is 11.6 Å². The maximum atomic E-state index is 11.2. The molecule has 8 nitrogen and oxygen atoms in total. The van der Waals surface area contributed by atoms with Crippen molar-refractivity contribution < 1.29 is 14.6 Å². The molecule has 3 aromatic heterocycles. The van der Waals surface area contributed by atoms with Gasteiger partial charge in [0.05, 0.1) is 18.8 Å². The Bertz CT molecular complexity index is 1090. The molecule has 0 spiro atoms. The number of methoxy groups -OCH3 is 1. The molecule has 25 heavy (non-hydrogen) atoms. The number of fused-ring (bicyclic) bond motifs is 3. The minimum absolute atomic E-state index is 0.0701. The highest BCUT2D eigenvalue weighted by molar-refractivity contribution is 5.94. The summed E-state index contributed by atoms with van der Waals surface area (Å²) in [6, 6.07) is 10.6. The number of carboxylic acids is 1. The largest absolute Gasteiger partial charge is 0.497 e. The first-order valence-electron chi connectivity index (χ1n) is 7.43. The zero-order chi connectivity index (χ0) is 17.4. The van der Waals surface area contributed by atoms with Crippen molar-refractivity contribution in [1.82, 2.24) is 19.6 Å². The van der Waals surface area contributed by atoms with E-state index < -0.39 is 5.97 Å². The number of ether oxygens (including phenoxy) is 1. The maximum Gasteiger partial charge on any atom is 0.356 e. The lowest BCUT2D eigenvalue weighted by Crippen LogP contribution is -2.01. The zero-order valence-electron chi connectivity index (χ0n) is 13.2. The normalized spacial score (nSPS) is 10.9. The molecule has 0 unspecified atom stereocenters. The van der Waals surface area contributed by atoms with Crippen LogP contribution in [-0.4, -0.2) is 37.8 Å². The Kier molecular flexibility index (Phi) is 3.42. The lowest BCUT2D eigenvalue weighted by Gasteiger charge is -2.10. The van der Waals surface area contributed by atoms with Gasteiger partial charge < -0.3 is 15.2 Å². The van der Waals surface area contributed by atoms with Crippen molar-refractivity contribution in [3.8, 4) is 5.75 Å². The van der Waals surface area contributed by atoms with E-state index in [0.29, 0.717) is 17.0 Å². The molecule has 0 fully saturated rings. The molecule has 0 radical (unpaired) electrons. The number of carboxylic acid groups (broad SMARTS) is 1. The molecule has 4 aromatic rings. The van der Waals surface area contributed by atoms with Crippen LogP contribution in [-0.2, 0) is 0 Å². The van der Waals surface area contributed by atoms with Gasteiger partial charge in [-0.25, -0.2) is 14.3 Å². The molecule has 3 heterocycles. The van der Waals surface area contributed by atoms with Gasteiger partial charge in [-0.1, -0.05) is 0 Å². The number of carbonyl (C=O) groups is 1. The fourth-order valence-electron chi connectivity index (χ4n) is 2.57. The highest BCUT2D eigenvalue weighted by atomic mass is 16.5. The molecule has 1 aromatic carbocycles. The predicted molar refractivity (Wildman–Crippen MR) is 91.5 cm³/mol. The van der Waals surface area contributed by atoms with Crippen molar-refractivity contribution in [2.24, 2.45) is 0 Å². The van der Waals surface area contributed by atoms with Crippen molar-refractivity contribution in [1.29, 1.82) is 0 Å². The van der Waals surface area contributed by atoms with Crippen molar-refractivity contribution in [3.05, 3.63) is 54.5 Å². The number of hydrogen-bond donors (Lipinski definition) is 2. The van der Waals surface area contributed by atoms with Gasteiger partial charge in [-0.15, -0.1) is 0 Å². The monoisotopic (exact) mass is 335 g/mol. The van der Waals surface area contributed by atoms with Gasteiger partial charge >= 0.3 is 5.97 Å². The average molecular weight is 335 g/mol. The van der Waals surface area contributed by atoms with Gasteiger partial charge in [-0.05, 0) is 30.3 Å². The number of anilines is 2. The molecule has 0 aliphatic heterocycles. The van der Waals surface area contributed by atoms with Crippen LogP contribution in [0.25, 0.3) is 16.6 Å². The van der Waals surface area contributed by atoms with Gasteiger partial charge in [-0.3, -0.25) is 4.98 Å². The van der Waals surface area contributed by atoms with Crippen LogP contribution >= 0.6 is 0 Å². The molecule has 0 aliphatic rings. The molecule has 0 amide bonds. The summed E-state index contributed by atoms with van der Waals surface area (Å²) < 4.78 is 6.63. The van der Waals surface area contributed by atoms with E-state index in [9.17, 15) is 4.79 Å². The number of hydrogen-bond acceptors (Lipinski definition) is 6. The first kappa shape index (κ1) is 14.9. The highest BCUT2D eigenvalue weighted by Gasteiger charge is 2.14. The van der Waals surface area contributed by atoms with E-state index in [1.54, 1.807) is 25.6 Å². The molecule has 8 heteroatoms. The smallest absolute Gasteiger partial charge is 0.356 e. The SMILES string of the molecule is COc1ccc(Nc2nc3cc(C(=O)O)nn3c3cnccc23)cc1. The van der Waals surface area contributed by atoms with Crippen molar-refractivity contribution in [2.75, 3.05) is 12.4 Å². The molecule has 0 saturated carbocycles. The molecule has 4 rings (SSSR count). The average Bonchev–Trinajstić information content (AvgIpc) is 3.07. The lowest BCUT2D eigenvalue weighted by atomic mass is 10.2. The maximum absolute atomic E-state index is 11.2. The summed E-state index contributed by atoms with van der Waals surface area (Å²) in [5.41, 5.74) is 1.85. The quantitative estimate of drug-likeness (QED) is 0.591. The molecule has 2 N–H and O–H groups in total.